The summed E-state index contributed by atoms with van der Waals surface area (Å²) in [6, 6.07) is 7.85. The zero-order valence-corrected chi connectivity index (χ0v) is 14.0. The molecule has 0 N–H and O–H groups in total. The Labute approximate surface area is 136 Å². The number of hydrogen-bond acceptors (Lipinski definition) is 3. The number of nitrogens with zero attached hydrogens (tertiary/aromatic N) is 2. The first kappa shape index (κ1) is 17.2. The van der Waals surface area contributed by atoms with E-state index in [1.165, 1.54) is 12.1 Å². The lowest BCUT2D eigenvalue weighted by molar-refractivity contribution is -0.135. The van der Waals surface area contributed by atoms with Crippen molar-refractivity contribution in [3.8, 4) is 11.3 Å². The molecule has 0 radical (unpaired) electrons. The van der Waals surface area contributed by atoms with E-state index in [1.807, 2.05) is 18.7 Å². The summed E-state index contributed by atoms with van der Waals surface area (Å²) in [5.74, 6) is 0.698. The van der Waals surface area contributed by atoms with Gasteiger partial charge in [0.2, 0.25) is 5.91 Å². The number of carbonyl (C=O) groups is 1. The van der Waals surface area contributed by atoms with Crippen LogP contribution in [0.15, 0.2) is 34.9 Å². The molecule has 0 aliphatic rings. The van der Waals surface area contributed by atoms with Gasteiger partial charge in [0.1, 0.15) is 11.5 Å². The third kappa shape index (κ3) is 4.65. The molecule has 0 unspecified atom stereocenters. The molecule has 0 spiro atoms. The van der Waals surface area contributed by atoms with Crippen LogP contribution in [-0.2, 0) is 11.3 Å². The molecule has 1 amide bonds. The van der Waals surface area contributed by atoms with Crippen LogP contribution in [0.25, 0.3) is 11.3 Å². The normalized spacial score (nSPS) is 11.3. The largest absolute Gasteiger partial charge is 0.356 e. The van der Waals surface area contributed by atoms with Crippen molar-refractivity contribution in [1.82, 2.24) is 10.1 Å². The summed E-state index contributed by atoms with van der Waals surface area (Å²) in [4.78, 5) is 14.1. The molecule has 23 heavy (non-hydrogen) atoms. The molecule has 0 atom stereocenters. The van der Waals surface area contributed by atoms with Gasteiger partial charge in [-0.3, -0.25) is 4.79 Å². The van der Waals surface area contributed by atoms with E-state index in [2.05, 4.69) is 19.0 Å². The minimum Gasteiger partial charge on any atom is -0.356 e. The van der Waals surface area contributed by atoms with Gasteiger partial charge in [-0.2, -0.15) is 0 Å². The van der Waals surface area contributed by atoms with E-state index >= 15 is 0 Å². The summed E-state index contributed by atoms with van der Waals surface area (Å²) in [6.45, 7) is 9.03. The number of carbonyl (C=O) groups excluding carboxylic acids is 1. The fourth-order valence-corrected chi connectivity index (χ4v) is 2.37. The molecule has 0 saturated heterocycles. The number of amides is 1. The average Bonchev–Trinajstić information content (AvgIpc) is 2.94. The second-order valence-electron chi connectivity index (χ2n) is 6.46. The Kier molecular flexibility index (Phi) is 5.53. The molecule has 0 aliphatic carbocycles. The van der Waals surface area contributed by atoms with Crippen LogP contribution in [0.3, 0.4) is 0 Å². The molecule has 1 aromatic carbocycles. The molecule has 0 fully saturated rings. The Balaban J connectivity index is 2.14. The van der Waals surface area contributed by atoms with E-state index in [-0.39, 0.29) is 17.6 Å². The van der Waals surface area contributed by atoms with Crippen LogP contribution >= 0.6 is 0 Å². The molecule has 5 heteroatoms. The van der Waals surface area contributed by atoms with Gasteiger partial charge in [0, 0.05) is 24.1 Å². The van der Waals surface area contributed by atoms with Gasteiger partial charge in [-0.25, -0.2) is 4.39 Å². The lowest BCUT2D eigenvalue weighted by Crippen LogP contribution is -2.36. The van der Waals surface area contributed by atoms with Gasteiger partial charge in [0.25, 0.3) is 0 Å². The van der Waals surface area contributed by atoms with Crippen molar-refractivity contribution in [3.63, 3.8) is 0 Å². The Hall–Kier alpha value is -2.17. The summed E-state index contributed by atoms with van der Waals surface area (Å²) in [5.41, 5.74) is 1.45. The molecule has 0 aliphatic heterocycles. The average molecular weight is 318 g/mol. The highest BCUT2D eigenvalue weighted by Crippen LogP contribution is 2.21. The molecule has 0 saturated carbocycles. The van der Waals surface area contributed by atoms with E-state index in [4.69, 9.17) is 4.52 Å². The van der Waals surface area contributed by atoms with Crippen molar-refractivity contribution in [1.29, 1.82) is 0 Å². The maximum Gasteiger partial charge on any atom is 0.225 e. The van der Waals surface area contributed by atoms with Crippen molar-refractivity contribution in [2.75, 3.05) is 6.54 Å². The molecular weight excluding hydrogens is 295 g/mol. The molecule has 124 valence electrons. The van der Waals surface area contributed by atoms with Crippen LogP contribution < -0.4 is 0 Å². The zero-order chi connectivity index (χ0) is 17.0. The molecule has 0 bridgehead atoms. The van der Waals surface area contributed by atoms with E-state index in [0.717, 1.165) is 5.56 Å². The lowest BCUT2D eigenvalue weighted by atomic mass is 10.1. The molecule has 4 nitrogen and oxygen atoms in total. The van der Waals surface area contributed by atoms with Crippen molar-refractivity contribution < 1.29 is 13.7 Å². The van der Waals surface area contributed by atoms with E-state index < -0.39 is 0 Å². The van der Waals surface area contributed by atoms with Gasteiger partial charge < -0.3 is 9.42 Å². The maximum atomic E-state index is 13.0. The second kappa shape index (κ2) is 7.40. The Morgan fingerprint density at radius 2 is 1.87 bits per heavy atom. The van der Waals surface area contributed by atoms with Gasteiger partial charge in [0.15, 0.2) is 5.76 Å². The van der Waals surface area contributed by atoms with Crippen molar-refractivity contribution in [3.05, 3.63) is 41.8 Å². The lowest BCUT2D eigenvalue weighted by Gasteiger charge is -2.25. The highest BCUT2D eigenvalue weighted by molar-refractivity contribution is 5.78. The van der Waals surface area contributed by atoms with Crippen LogP contribution in [0.5, 0.6) is 0 Å². The number of aromatic nitrogens is 1. The van der Waals surface area contributed by atoms with Crippen LogP contribution in [0.2, 0.25) is 0 Å². The van der Waals surface area contributed by atoms with Gasteiger partial charge in [0.05, 0.1) is 6.54 Å². The standard InChI is InChI=1S/C18H23FN2O2/c1-12(2)10-21(18(22)13(3)4)11-16-9-17(23-20-16)14-5-7-15(19)8-6-14/h5-9,12-13H,10-11H2,1-4H3. The second-order valence-corrected chi connectivity index (χ2v) is 6.46. The van der Waals surface area contributed by atoms with E-state index in [1.54, 1.807) is 18.2 Å². The predicted molar refractivity (Wildman–Crippen MR) is 87.0 cm³/mol. The van der Waals surface area contributed by atoms with Crippen molar-refractivity contribution in [2.24, 2.45) is 11.8 Å². The Morgan fingerprint density at radius 3 is 2.43 bits per heavy atom. The van der Waals surface area contributed by atoms with Gasteiger partial charge >= 0.3 is 0 Å². The summed E-state index contributed by atoms with van der Waals surface area (Å²) < 4.78 is 18.3. The smallest absolute Gasteiger partial charge is 0.225 e. The number of benzene rings is 1. The Morgan fingerprint density at radius 1 is 1.22 bits per heavy atom. The highest BCUT2D eigenvalue weighted by Gasteiger charge is 2.20. The van der Waals surface area contributed by atoms with Crippen LogP contribution in [-0.4, -0.2) is 22.5 Å². The first-order valence-corrected chi connectivity index (χ1v) is 7.87. The highest BCUT2D eigenvalue weighted by atomic mass is 19.1. The van der Waals surface area contributed by atoms with Gasteiger partial charge in [-0.15, -0.1) is 0 Å². The van der Waals surface area contributed by atoms with Gasteiger partial charge in [-0.05, 0) is 30.2 Å². The summed E-state index contributed by atoms with van der Waals surface area (Å²) in [5, 5.41) is 4.04. The first-order chi connectivity index (χ1) is 10.9. The zero-order valence-electron chi connectivity index (χ0n) is 14.0. The predicted octanol–water partition coefficient (Wildman–Crippen LogP) is 4.12. The van der Waals surface area contributed by atoms with Crippen LogP contribution in [0.4, 0.5) is 4.39 Å². The summed E-state index contributed by atoms with van der Waals surface area (Å²) >= 11 is 0. The SMILES string of the molecule is CC(C)CN(Cc1cc(-c2ccc(F)cc2)on1)C(=O)C(C)C. The fourth-order valence-electron chi connectivity index (χ4n) is 2.37. The molecule has 1 aromatic heterocycles. The molecule has 2 aromatic rings. The molecule has 1 heterocycles. The van der Waals surface area contributed by atoms with Crippen LogP contribution in [0.1, 0.15) is 33.4 Å². The van der Waals surface area contributed by atoms with E-state index in [9.17, 15) is 9.18 Å². The monoisotopic (exact) mass is 318 g/mol. The Bertz CT molecular complexity index is 647. The number of halogens is 1. The van der Waals surface area contributed by atoms with Crippen LogP contribution in [0, 0.1) is 17.7 Å². The minimum atomic E-state index is -0.292. The number of hydrogen-bond donors (Lipinski definition) is 0. The minimum absolute atomic E-state index is 0.0581. The van der Waals surface area contributed by atoms with Crippen molar-refractivity contribution >= 4 is 5.91 Å². The number of rotatable bonds is 6. The molecule has 2 rings (SSSR count). The maximum absolute atomic E-state index is 13.0. The first-order valence-electron chi connectivity index (χ1n) is 7.87. The molecular formula is C18H23FN2O2. The van der Waals surface area contributed by atoms with Gasteiger partial charge in [-0.1, -0.05) is 32.9 Å². The topological polar surface area (TPSA) is 46.3 Å². The fraction of sp³-hybridized carbons (Fsp3) is 0.444. The quantitative estimate of drug-likeness (QED) is 0.805. The third-order valence-corrected chi connectivity index (χ3v) is 3.43. The van der Waals surface area contributed by atoms with E-state index in [0.29, 0.717) is 30.5 Å². The van der Waals surface area contributed by atoms with Crippen molar-refractivity contribution in [2.45, 2.75) is 34.2 Å². The third-order valence-electron chi connectivity index (χ3n) is 3.43. The summed E-state index contributed by atoms with van der Waals surface area (Å²) in [6.07, 6.45) is 0. The summed E-state index contributed by atoms with van der Waals surface area (Å²) in [7, 11) is 0.